The van der Waals surface area contributed by atoms with Gasteiger partial charge in [-0.1, -0.05) is 25.6 Å². The highest BCUT2D eigenvalue weighted by Gasteiger charge is 2.17. The van der Waals surface area contributed by atoms with Crippen LogP contribution in [0.25, 0.3) is 0 Å². The minimum Gasteiger partial charge on any atom is -0.368 e. The standard InChI is InChI=1S/C11H19N5S/c1-3-8(2)17-11-14-9(12)13-10(15-11)16-6-4-5-7-16/h8H,3-7H2,1-2H3,(H2,12,13,14,15). The fourth-order valence-electron chi connectivity index (χ4n) is 1.74. The van der Waals surface area contributed by atoms with Gasteiger partial charge in [0, 0.05) is 18.3 Å². The molecule has 0 saturated carbocycles. The van der Waals surface area contributed by atoms with E-state index in [2.05, 4.69) is 33.7 Å². The molecule has 94 valence electrons. The van der Waals surface area contributed by atoms with E-state index in [1.165, 1.54) is 12.8 Å². The molecule has 0 aliphatic carbocycles. The maximum atomic E-state index is 5.74. The molecular formula is C11H19N5S. The van der Waals surface area contributed by atoms with Crippen molar-refractivity contribution in [2.24, 2.45) is 0 Å². The van der Waals surface area contributed by atoms with Crippen molar-refractivity contribution in [1.29, 1.82) is 0 Å². The first-order chi connectivity index (χ1) is 8.19. The molecule has 1 saturated heterocycles. The largest absolute Gasteiger partial charge is 0.368 e. The predicted octanol–water partition coefficient (Wildman–Crippen LogP) is 1.94. The summed E-state index contributed by atoms with van der Waals surface area (Å²) in [6.07, 6.45) is 3.51. The Morgan fingerprint density at radius 1 is 1.29 bits per heavy atom. The van der Waals surface area contributed by atoms with E-state index in [-0.39, 0.29) is 0 Å². The Kier molecular flexibility index (Phi) is 4.04. The lowest BCUT2D eigenvalue weighted by atomic mass is 10.4. The highest BCUT2D eigenvalue weighted by atomic mass is 32.2. The third-order valence-electron chi connectivity index (χ3n) is 2.89. The first-order valence-corrected chi connectivity index (χ1v) is 7.00. The van der Waals surface area contributed by atoms with Crippen LogP contribution >= 0.6 is 11.8 Å². The van der Waals surface area contributed by atoms with Gasteiger partial charge in [-0.25, -0.2) is 0 Å². The summed E-state index contributed by atoms with van der Waals surface area (Å²) < 4.78 is 0. The summed E-state index contributed by atoms with van der Waals surface area (Å²) in [5.74, 6) is 1.06. The van der Waals surface area contributed by atoms with Crippen LogP contribution in [0.5, 0.6) is 0 Å². The number of hydrogen-bond donors (Lipinski definition) is 1. The van der Waals surface area contributed by atoms with Crippen molar-refractivity contribution in [1.82, 2.24) is 15.0 Å². The van der Waals surface area contributed by atoms with E-state index in [0.29, 0.717) is 11.2 Å². The lowest BCUT2D eigenvalue weighted by molar-refractivity contribution is 0.825. The summed E-state index contributed by atoms with van der Waals surface area (Å²) in [6, 6.07) is 0. The number of nitrogens with two attached hydrogens (primary N) is 1. The quantitative estimate of drug-likeness (QED) is 0.827. The second-order valence-electron chi connectivity index (χ2n) is 4.31. The molecule has 0 bridgehead atoms. The topological polar surface area (TPSA) is 67.9 Å². The molecule has 5 nitrogen and oxygen atoms in total. The number of anilines is 2. The maximum Gasteiger partial charge on any atom is 0.231 e. The molecule has 17 heavy (non-hydrogen) atoms. The van der Waals surface area contributed by atoms with E-state index in [1.54, 1.807) is 11.8 Å². The lowest BCUT2D eigenvalue weighted by Gasteiger charge is -2.16. The molecule has 0 radical (unpaired) electrons. The number of rotatable bonds is 4. The molecule has 2 heterocycles. The number of nitrogens with zero attached hydrogens (tertiary/aromatic N) is 4. The summed E-state index contributed by atoms with van der Waals surface area (Å²) in [6.45, 7) is 6.37. The second kappa shape index (κ2) is 5.53. The van der Waals surface area contributed by atoms with Gasteiger partial charge in [-0.2, -0.15) is 15.0 Å². The van der Waals surface area contributed by atoms with Gasteiger partial charge < -0.3 is 10.6 Å². The van der Waals surface area contributed by atoms with Crippen molar-refractivity contribution in [3.63, 3.8) is 0 Å². The van der Waals surface area contributed by atoms with Gasteiger partial charge in [0.25, 0.3) is 0 Å². The Balaban J connectivity index is 2.16. The van der Waals surface area contributed by atoms with Crippen molar-refractivity contribution < 1.29 is 0 Å². The SMILES string of the molecule is CCC(C)Sc1nc(N)nc(N2CCCC2)n1. The van der Waals surface area contributed by atoms with E-state index in [1.807, 2.05) is 0 Å². The van der Waals surface area contributed by atoms with Gasteiger partial charge in [0.2, 0.25) is 11.9 Å². The highest BCUT2D eigenvalue weighted by molar-refractivity contribution is 7.99. The van der Waals surface area contributed by atoms with Gasteiger partial charge in [-0.05, 0) is 19.3 Å². The molecule has 1 aromatic heterocycles. The fraction of sp³-hybridized carbons (Fsp3) is 0.727. The average molecular weight is 253 g/mol. The predicted molar refractivity (Wildman–Crippen MR) is 71.3 cm³/mol. The smallest absolute Gasteiger partial charge is 0.231 e. The minimum absolute atomic E-state index is 0.327. The molecule has 0 amide bonds. The van der Waals surface area contributed by atoms with Crippen LogP contribution < -0.4 is 10.6 Å². The van der Waals surface area contributed by atoms with Crippen molar-refractivity contribution in [2.75, 3.05) is 23.7 Å². The Labute approximate surface area is 106 Å². The van der Waals surface area contributed by atoms with Gasteiger partial charge >= 0.3 is 0 Å². The first-order valence-electron chi connectivity index (χ1n) is 6.12. The summed E-state index contributed by atoms with van der Waals surface area (Å²) in [7, 11) is 0. The summed E-state index contributed by atoms with van der Waals surface area (Å²) >= 11 is 1.66. The van der Waals surface area contributed by atoms with E-state index in [9.17, 15) is 0 Å². The molecule has 2 N–H and O–H groups in total. The first kappa shape index (κ1) is 12.4. The Hall–Kier alpha value is -1.04. The van der Waals surface area contributed by atoms with Crippen molar-refractivity contribution in [3.8, 4) is 0 Å². The Morgan fingerprint density at radius 3 is 2.65 bits per heavy atom. The van der Waals surface area contributed by atoms with Crippen LogP contribution in [0.4, 0.5) is 11.9 Å². The van der Waals surface area contributed by atoms with Crippen LogP contribution in [0, 0.1) is 0 Å². The van der Waals surface area contributed by atoms with Crippen LogP contribution in [0.2, 0.25) is 0 Å². The van der Waals surface area contributed by atoms with Gasteiger partial charge in [0.1, 0.15) is 0 Å². The average Bonchev–Trinajstić information content (AvgIpc) is 2.81. The van der Waals surface area contributed by atoms with Gasteiger partial charge in [-0.3, -0.25) is 0 Å². The van der Waals surface area contributed by atoms with E-state index < -0.39 is 0 Å². The van der Waals surface area contributed by atoms with Gasteiger partial charge in [0.05, 0.1) is 0 Å². The molecule has 1 aliphatic heterocycles. The molecule has 1 fully saturated rings. The fourth-order valence-corrected chi connectivity index (χ4v) is 2.54. The Bertz CT molecular complexity index is 378. The molecule has 1 atom stereocenters. The molecular weight excluding hydrogens is 234 g/mol. The molecule has 0 aromatic carbocycles. The number of thioether (sulfide) groups is 1. The third-order valence-corrected chi connectivity index (χ3v) is 4.02. The van der Waals surface area contributed by atoms with Crippen LogP contribution in [-0.4, -0.2) is 33.3 Å². The van der Waals surface area contributed by atoms with E-state index in [0.717, 1.165) is 30.6 Å². The third kappa shape index (κ3) is 3.21. The summed E-state index contributed by atoms with van der Waals surface area (Å²) in [5, 5.41) is 1.25. The zero-order chi connectivity index (χ0) is 12.3. The number of nitrogen functional groups attached to an aromatic ring is 1. The molecule has 1 unspecified atom stereocenters. The van der Waals surface area contributed by atoms with Crippen LogP contribution in [0.3, 0.4) is 0 Å². The zero-order valence-electron chi connectivity index (χ0n) is 10.4. The highest BCUT2D eigenvalue weighted by Crippen LogP contribution is 2.24. The molecule has 1 aromatic rings. The summed E-state index contributed by atoms with van der Waals surface area (Å²) in [5.41, 5.74) is 5.74. The van der Waals surface area contributed by atoms with Crippen LogP contribution in [0.15, 0.2) is 5.16 Å². The van der Waals surface area contributed by atoms with Crippen LogP contribution in [-0.2, 0) is 0 Å². The monoisotopic (exact) mass is 253 g/mol. The zero-order valence-corrected chi connectivity index (χ0v) is 11.2. The lowest BCUT2D eigenvalue weighted by Crippen LogP contribution is -2.21. The molecule has 2 rings (SSSR count). The number of hydrogen-bond acceptors (Lipinski definition) is 6. The van der Waals surface area contributed by atoms with Crippen molar-refractivity contribution in [3.05, 3.63) is 0 Å². The molecule has 1 aliphatic rings. The van der Waals surface area contributed by atoms with Gasteiger partial charge in [-0.15, -0.1) is 0 Å². The normalized spacial score (nSPS) is 17.4. The number of aromatic nitrogens is 3. The van der Waals surface area contributed by atoms with Crippen LogP contribution in [0.1, 0.15) is 33.1 Å². The van der Waals surface area contributed by atoms with Gasteiger partial charge in [0.15, 0.2) is 5.16 Å². The molecule has 6 heteroatoms. The maximum absolute atomic E-state index is 5.74. The molecule has 0 spiro atoms. The van der Waals surface area contributed by atoms with E-state index >= 15 is 0 Å². The van der Waals surface area contributed by atoms with Crippen molar-refractivity contribution >= 4 is 23.7 Å². The van der Waals surface area contributed by atoms with E-state index in [4.69, 9.17) is 5.73 Å². The summed E-state index contributed by atoms with van der Waals surface area (Å²) in [4.78, 5) is 15.1. The minimum atomic E-state index is 0.327. The van der Waals surface area contributed by atoms with Crippen molar-refractivity contribution in [2.45, 2.75) is 43.5 Å². The second-order valence-corrected chi connectivity index (χ2v) is 5.71. The Morgan fingerprint density at radius 2 is 2.00 bits per heavy atom.